The Morgan fingerprint density at radius 1 is 1.47 bits per heavy atom. The summed E-state index contributed by atoms with van der Waals surface area (Å²) in [6.45, 7) is 0. The Kier molecular flexibility index (Phi) is 3.21. The van der Waals surface area contributed by atoms with Crippen LogP contribution in [0.3, 0.4) is 0 Å². The highest BCUT2D eigenvalue weighted by Gasteiger charge is 2.00. The van der Waals surface area contributed by atoms with Gasteiger partial charge in [0.05, 0.1) is 11.6 Å². The fraction of sp³-hybridized carbons (Fsp3) is 0. The first-order valence-corrected chi connectivity index (χ1v) is 3.91. The zero-order valence-corrected chi connectivity index (χ0v) is 7.52. The summed E-state index contributed by atoms with van der Waals surface area (Å²) in [4.78, 5) is 20.8. The lowest BCUT2D eigenvalue weighted by molar-refractivity contribution is -0.130. The predicted molar refractivity (Wildman–Crippen MR) is 51.1 cm³/mol. The van der Waals surface area contributed by atoms with Crippen molar-refractivity contribution >= 4 is 12.3 Å². The minimum atomic E-state index is -1.27. The molecule has 1 N–H and O–H groups in total. The van der Waals surface area contributed by atoms with E-state index < -0.39 is 5.97 Å². The first-order chi connectivity index (χ1) is 7.17. The highest BCUT2D eigenvalue weighted by atomic mass is 16.4. The largest absolute Gasteiger partial charge is 0.472 e. The molecule has 4 nitrogen and oxygen atoms in total. The monoisotopic (exact) mass is 199 g/mol. The lowest BCUT2D eigenvalue weighted by Crippen LogP contribution is -1.91. The minimum absolute atomic E-state index is 0.211. The summed E-state index contributed by atoms with van der Waals surface area (Å²) in [5.41, 5.74) is 0.840. The van der Waals surface area contributed by atoms with E-state index in [0.717, 1.165) is 0 Å². The topological polar surface area (TPSA) is 78.2 Å². The standard InChI is InChI=1S/C11H5NO3/c12-6-8-1-2-9(3-4-11(14)15)10(5-8)7-13/h1-2,5,7H,(H,14,15). The number of nitrogens with zero attached hydrogens (tertiary/aromatic N) is 1. The van der Waals surface area contributed by atoms with Gasteiger partial charge in [-0.1, -0.05) is 5.92 Å². The van der Waals surface area contributed by atoms with Gasteiger partial charge in [0.25, 0.3) is 0 Å². The molecule has 0 atom stereocenters. The van der Waals surface area contributed by atoms with Crippen molar-refractivity contribution in [1.29, 1.82) is 5.26 Å². The van der Waals surface area contributed by atoms with Crippen LogP contribution in [0, 0.1) is 23.2 Å². The molecule has 0 saturated carbocycles. The van der Waals surface area contributed by atoms with Crippen LogP contribution in [0.1, 0.15) is 21.5 Å². The van der Waals surface area contributed by atoms with Crippen LogP contribution >= 0.6 is 0 Å². The predicted octanol–water partition coefficient (Wildman–Crippen LogP) is 0.807. The van der Waals surface area contributed by atoms with Crippen LogP contribution in [0.2, 0.25) is 0 Å². The summed E-state index contributed by atoms with van der Waals surface area (Å²) in [6, 6.07) is 6.14. The van der Waals surface area contributed by atoms with Gasteiger partial charge in [-0.05, 0) is 18.2 Å². The lowest BCUT2D eigenvalue weighted by Gasteiger charge is -1.95. The van der Waals surface area contributed by atoms with Crippen molar-refractivity contribution in [2.45, 2.75) is 0 Å². The Morgan fingerprint density at radius 3 is 2.73 bits per heavy atom. The maximum absolute atomic E-state index is 10.6. The van der Waals surface area contributed by atoms with Gasteiger partial charge in [0.15, 0.2) is 6.29 Å². The van der Waals surface area contributed by atoms with Crippen LogP contribution in [-0.2, 0) is 4.79 Å². The van der Waals surface area contributed by atoms with Crippen LogP contribution in [0.5, 0.6) is 0 Å². The van der Waals surface area contributed by atoms with Gasteiger partial charge in [-0.3, -0.25) is 4.79 Å². The number of benzene rings is 1. The fourth-order valence-corrected chi connectivity index (χ4v) is 0.964. The number of carboxylic acids is 1. The van der Waals surface area contributed by atoms with Crippen molar-refractivity contribution in [3.63, 3.8) is 0 Å². The molecule has 0 radical (unpaired) electrons. The molecule has 0 fully saturated rings. The van der Waals surface area contributed by atoms with Gasteiger partial charge in [-0.25, -0.2) is 4.79 Å². The molecule has 0 aliphatic carbocycles. The molecule has 1 aromatic rings. The molecular formula is C11H5NO3. The summed E-state index contributed by atoms with van der Waals surface area (Å²) >= 11 is 0. The van der Waals surface area contributed by atoms with E-state index in [1.807, 2.05) is 12.0 Å². The molecular weight excluding hydrogens is 194 g/mol. The smallest absolute Gasteiger partial charge is 0.382 e. The molecule has 0 aromatic heterocycles. The number of carbonyl (C=O) groups excluding carboxylic acids is 1. The van der Waals surface area contributed by atoms with Gasteiger partial charge in [-0.2, -0.15) is 5.26 Å². The summed E-state index contributed by atoms with van der Waals surface area (Å²) in [5, 5.41) is 16.9. The highest BCUT2D eigenvalue weighted by molar-refractivity contribution is 5.88. The van der Waals surface area contributed by atoms with Crippen molar-refractivity contribution in [2.24, 2.45) is 0 Å². The number of nitriles is 1. The van der Waals surface area contributed by atoms with Crippen molar-refractivity contribution in [1.82, 2.24) is 0 Å². The van der Waals surface area contributed by atoms with Crippen LogP contribution in [-0.4, -0.2) is 17.4 Å². The molecule has 0 bridgehead atoms. The van der Waals surface area contributed by atoms with E-state index in [-0.39, 0.29) is 5.56 Å². The van der Waals surface area contributed by atoms with Crippen molar-refractivity contribution in [2.75, 3.05) is 0 Å². The molecule has 15 heavy (non-hydrogen) atoms. The third kappa shape index (κ3) is 2.68. The second kappa shape index (κ2) is 4.59. The lowest BCUT2D eigenvalue weighted by atomic mass is 10.1. The molecule has 0 spiro atoms. The molecule has 0 aliphatic heterocycles. The molecule has 1 rings (SSSR count). The Balaban J connectivity index is 3.22. The Bertz CT molecular complexity index is 515. The van der Waals surface area contributed by atoms with E-state index in [1.165, 1.54) is 18.2 Å². The fourth-order valence-electron chi connectivity index (χ4n) is 0.964. The van der Waals surface area contributed by atoms with Crippen molar-refractivity contribution in [3.05, 3.63) is 34.9 Å². The maximum Gasteiger partial charge on any atom is 0.382 e. The Hall–Kier alpha value is -2.59. The number of carbonyl (C=O) groups is 2. The molecule has 0 amide bonds. The second-order valence-corrected chi connectivity index (χ2v) is 2.59. The molecule has 0 unspecified atom stereocenters. The zero-order chi connectivity index (χ0) is 11.3. The Labute approximate surface area is 85.8 Å². The van der Waals surface area contributed by atoms with Crippen molar-refractivity contribution in [3.8, 4) is 17.9 Å². The molecule has 72 valence electrons. The second-order valence-electron chi connectivity index (χ2n) is 2.59. The van der Waals surface area contributed by atoms with E-state index in [1.54, 1.807) is 0 Å². The summed E-state index contributed by atoms with van der Waals surface area (Å²) in [5.74, 6) is 2.96. The summed E-state index contributed by atoms with van der Waals surface area (Å²) in [6.07, 6.45) is 0.534. The van der Waals surface area contributed by atoms with Gasteiger partial charge in [0.2, 0.25) is 0 Å². The average molecular weight is 199 g/mol. The first kappa shape index (κ1) is 10.5. The van der Waals surface area contributed by atoms with E-state index in [2.05, 4.69) is 5.92 Å². The van der Waals surface area contributed by atoms with Crippen LogP contribution < -0.4 is 0 Å². The van der Waals surface area contributed by atoms with E-state index in [4.69, 9.17) is 10.4 Å². The van der Waals surface area contributed by atoms with Gasteiger partial charge >= 0.3 is 5.97 Å². The number of hydrogen-bond donors (Lipinski definition) is 1. The summed E-state index contributed by atoms with van der Waals surface area (Å²) < 4.78 is 0. The number of aldehydes is 1. The minimum Gasteiger partial charge on any atom is -0.472 e. The van der Waals surface area contributed by atoms with Gasteiger partial charge in [-0.15, -0.1) is 0 Å². The maximum atomic E-state index is 10.6. The van der Waals surface area contributed by atoms with Crippen LogP contribution in [0.25, 0.3) is 0 Å². The van der Waals surface area contributed by atoms with Crippen LogP contribution in [0.4, 0.5) is 0 Å². The van der Waals surface area contributed by atoms with Gasteiger partial charge in [0, 0.05) is 17.0 Å². The number of hydrogen-bond acceptors (Lipinski definition) is 3. The zero-order valence-electron chi connectivity index (χ0n) is 7.52. The first-order valence-electron chi connectivity index (χ1n) is 3.91. The molecule has 0 aliphatic rings. The van der Waals surface area contributed by atoms with E-state index in [9.17, 15) is 9.59 Å². The van der Waals surface area contributed by atoms with Gasteiger partial charge in [0.1, 0.15) is 0 Å². The molecule has 0 saturated heterocycles. The molecule has 1 aromatic carbocycles. The van der Waals surface area contributed by atoms with E-state index in [0.29, 0.717) is 17.4 Å². The third-order valence-corrected chi connectivity index (χ3v) is 1.61. The molecule has 0 heterocycles. The SMILES string of the molecule is N#Cc1ccc(C#CC(=O)O)c(C=O)c1. The quantitative estimate of drug-likeness (QED) is 0.536. The summed E-state index contributed by atoms with van der Waals surface area (Å²) in [7, 11) is 0. The van der Waals surface area contributed by atoms with Crippen LogP contribution in [0.15, 0.2) is 18.2 Å². The Morgan fingerprint density at radius 2 is 2.20 bits per heavy atom. The van der Waals surface area contributed by atoms with Gasteiger partial charge < -0.3 is 5.11 Å². The number of aliphatic carboxylic acids is 1. The number of carboxylic acid groups (broad SMARTS) is 1. The average Bonchev–Trinajstić information content (AvgIpc) is 2.25. The van der Waals surface area contributed by atoms with Crippen molar-refractivity contribution < 1.29 is 14.7 Å². The normalized spacial score (nSPS) is 8.20. The molecule has 4 heteroatoms. The number of rotatable bonds is 1. The highest BCUT2D eigenvalue weighted by Crippen LogP contribution is 2.08. The van der Waals surface area contributed by atoms with E-state index >= 15 is 0 Å². The third-order valence-electron chi connectivity index (χ3n) is 1.61.